The van der Waals surface area contributed by atoms with Gasteiger partial charge < -0.3 is 5.32 Å². The second kappa shape index (κ2) is 11.2. The second-order valence-electron chi connectivity index (χ2n) is 10.1. The van der Waals surface area contributed by atoms with Gasteiger partial charge in [-0.15, -0.1) is 0 Å². The van der Waals surface area contributed by atoms with Crippen molar-refractivity contribution in [3.63, 3.8) is 0 Å². The van der Waals surface area contributed by atoms with Crippen molar-refractivity contribution in [1.29, 1.82) is 0 Å². The lowest BCUT2D eigenvalue weighted by Gasteiger charge is -2.29. The molecule has 1 fully saturated rings. The summed E-state index contributed by atoms with van der Waals surface area (Å²) in [6, 6.07) is 16.2. The molecule has 0 atom stereocenters. The van der Waals surface area contributed by atoms with Crippen LogP contribution in [0.4, 0.5) is 8.78 Å². The predicted octanol–water partition coefficient (Wildman–Crippen LogP) is 5.35. The maximum absolute atomic E-state index is 13.7. The Kier molecular flexibility index (Phi) is 7.36. The first-order valence-corrected chi connectivity index (χ1v) is 13.7. The maximum Gasteiger partial charge on any atom is 0.333 e. The Balaban J connectivity index is 1.17. The van der Waals surface area contributed by atoms with E-state index in [1.165, 1.54) is 10.9 Å². The summed E-state index contributed by atoms with van der Waals surface area (Å²) in [6.07, 6.45) is 4.33. The molecule has 0 aliphatic heterocycles. The van der Waals surface area contributed by atoms with E-state index in [9.17, 15) is 18.4 Å². The molecule has 6 rings (SSSR count). The van der Waals surface area contributed by atoms with Gasteiger partial charge in [-0.1, -0.05) is 23.7 Å². The van der Waals surface area contributed by atoms with Crippen LogP contribution < -0.4 is 11.0 Å². The van der Waals surface area contributed by atoms with E-state index in [4.69, 9.17) is 11.6 Å². The van der Waals surface area contributed by atoms with E-state index in [1.54, 1.807) is 17.0 Å². The summed E-state index contributed by atoms with van der Waals surface area (Å²) in [5, 5.41) is 11.3. The summed E-state index contributed by atoms with van der Waals surface area (Å²) in [7, 11) is 0. The second-order valence-corrected chi connectivity index (χ2v) is 10.6. The van der Waals surface area contributed by atoms with Crippen LogP contribution in [0, 0.1) is 5.92 Å². The standard InChI is InChI=1S/C29H26ClF2N7O2/c30-19-15-23(26(27(31)32)33-16-19)28(40)36-20-7-5-18(6-8-20)17-37-24-3-1-2-4-25(24)38(29(37)41)21-9-11-22(12-10-21)39-34-13-14-35-39/h1-4,9-16,18,20,27H,5-8,17H2,(H,36,40). The number of nitrogens with one attached hydrogen (secondary N) is 1. The first kappa shape index (κ1) is 26.8. The van der Waals surface area contributed by atoms with Crippen molar-refractivity contribution in [1.82, 2.24) is 34.4 Å². The fourth-order valence-electron chi connectivity index (χ4n) is 5.53. The average molecular weight is 578 g/mol. The topological polar surface area (TPSA) is 99.6 Å². The monoisotopic (exact) mass is 577 g/mol. The largest absolute Gasteiger partial charge is 0.349 e. The average Bonchev–Trinajstić information content (AvgIpc) is 3.61. The normalized spacial score (nSPS) is 17.3. The Morgan fingerprint density at radius 2 is 1.63 bits per heavy atom. The number of rotatable bonds is 7. The van der Waals surface area contributed by atoms with E-state index < -0.39 is 18.0 Å². The Hall–Kier alpha value is -4.38. The first-order chi connectivity index (χ1) is 19.9. The first-order valence-electron chi connectivity index (χ1n) is 13.3. The van der Waals surface area contributed by atoms with Gasteiger partial charge in [0.15, 0.2) is 0 Å². The highest BCUT2D eigenvalue weighted by molar-refractivity contribution is 6.30. The van der Waals surface area contributed by atoms with Gasteiger partial charge in [0, 0.05) is 18.8 Å². The lowest BCUT2D eigenvalue weighted by atomic mass is 9.85. The highest BCUT2D eigenvalue weighted by Gasteiger charge is 2.27. The molecule has 0 saturated heterocycles. The molecule has 3 heterocycles. The van der Waals surface area contributed by atoms with E-state index in [0.29, 0.717) is 19.4 Å². The van der Waals surface area contributed by atoms with Crippen LogP contribution in [0.25, 0.3) is 22.4 Å². The number of hydrogen-bond donors (Lipinski definition) is 1. The molecular weight excluding hydrogens is 552 g/mol. The molecular formula is C29H26ClF2N7O2. The van der Waals surface area contributed by atoms with Gasteiger partial charge in [-0.25, -0.2) is 13.6 Å². The summed E-state index contributed by atoms with van der Waals surface area (Å²) in [5.74, 6) is -0.384. The third kappa shape index (κ3) is 5.37. The van der Waals surface area contributed by atoms with Crippen LogP contribution in [0.1, 0.15) is 48.2 Å². The van der Waals surface area contributed by atoms with Crippen molar-refractivity contribution in [2.24, 2.45) is 5.92 Å². The van der Waals surface area contributed by atoms with Gasteiger partial charge in [0.1, 0.15) is 5.69 Å². The van der Waals surface area contributed by atoms with E-state index in [2.05, 4.69) is 20.5 Å². The number of hydrogen-bond acceptors (Lipinski definition) is 5. The molecule has 3 aromatic heterocycles. The summed E-state index contributed by atoms with van der Waals surface area (Å²) in [5.41, 5.74) is 2.28. The van der Waals surface area contributed by atoms with Crippen LogP contribution in [0.15, 0.2) is 78.0 Å². The third-order valence-corrected chi connectivity index (χ3v) is 7.76. The zero-order chi connectivity index (χ0) is 28.5. The molecule has 210 valence electrons. The molecule has 2 aromatic carbocycles. The number of aromatic nitrogens is 6. The Bertz CT molecular complexity index is 1740. The summed E-state index contributed by atoms with van der Waals surface area (Å²) in [4.78, 5) is 31.7. The van der Waals surface area contributed by atoms with Crippen LogP contribution in [0.5, 0.6) is 0 Å². The Labute approximate surface area is 238 Å². The Morgan fingerprint density at radius 1 is 0.976 bits per heavy atom. The van der Waals surface area contributed by atoms with E-state index in [1.807, 2.05) is 53.1 Å². The van der Waals surface area contributed by atoms with Crippen LogP contribution in [-0.2, 0) is 6.54 Å². The van der Waals surface area contributed by atoms with Crippen LogP contribution in [0.2, 0.25) is 5.02 Å². The van der Waals surface area contributed by atoms with Gasteiger partial charge in [0.25, 0.3) is 12.3 Å². The molecule has 0 radical (unpaired) electrons. The van der Waals surface area contributed by atoms with Crippen LogP contribution in [-0.4, -0.2) is 41.1 Å². The van der Waals surface area contributed by atoms with Crippen molar-refractivity contribution >= 4 is 28.5 Å². The number of para-hydroxylation sites is 2. The minimum Gasteiger partial charge on any atom is -0.349 e. The molecule has 12 heteroatoms. The van der Waals surface area contributed by atoms with Gasteiger partial charge >= 0.3 is 5.69 Å². The van der Waals surface area contributed by atoms with E-state index in [0.717, 1.165) is 41.4 Å². The zero-order valence-electron chi connectivity index (χ0n) is 21.8. The molecule has 1 aliphatic carbocycles. The number of benzene rings is 2. The predicted molar refractivity (Wildman–Crippen MR) is 150 cm³/mol. The minimum absolute atomic E-state index is 0.124. The summed E-state index contributed by atoms with van der Waals surface area (Å²) >= 11 is 5.90. The smallest absolute Gasteiger partial charge is 0.333 e. The minimum atomic E-state index is -2.88. The number of carbonyl (C=O) groups is 1. The van der Waals surface area contributed by atoms with E-state index >= 15 is 0 Å². The SMILES string of the molecule is O=C(NC1CCC(Cn2c(=O)n(-c3ccc(-n4nccn4)cc3)c3ccccc32)CC1)c1cc(Cl)cnc1C(F)F. The van der Waals surface area contributed by atoms with Crippen molar-refractivity contribution in [2.75, 3.05) is 0 Å². The maximum atomic E-state index is 13.7. The quantitative estimate of drug-likeness (QED) is 0.281. The lowest BCUT2D eigenvalue weighted by Crippen LogP contribution is -2.39. The molecule has 0 spiro atoms. The molecule has 1 N–H and O–H groups in total. The number of pyridine rings is 1. The molecule has 0 unspecified atom stereocenters. The number of halogens is 3. The number of carbonyl (C=O) groups excluding carboxylic acids is 1. The van der Waals surface area contributed by atoms with Crippen molar-refractivity contribution in [3.05, 3.63) is 100.0 Å². The molecule has 9 nitrogen and oxygen atoms in total. The van der Waals surface area contributed by atoms with Crippen LogP contribution in [0.3, 0.4) is 0 Å². The molecule has 0 bridgehead atoms. The summed E-state index contributed by atoms with van der Waals surface area (Å²) < 4.78 is 30.3. The number of fused-ring (bicyclic) bond motifs is 1. The molecule has 1 aliphatic rings. The third-order valence-electron chi connectivity index (χ3n) is 7.55. The highest BCUT2D eigenvalue weighted by atomic mass is 35.5. The number of nitrogens with zero attached hydrogens (tertiary/aromatic N) is 6. The molecule has 1 saturated carbocycles. The van der Waals surface area contributed by atoms with Crippen molar-refractivity contribution < 1.29 is 13.6 Å². The highest BCUT2D eigenvalue weighted by Crippen LogP contribution is 2.29. The summed E-state index contributed by atoms with van der Waals surface area (Å²) in [6.45, 7) is 0.538. The van der Waals surface area contributed by atoms with E-state index in [-0.39, 0.29) is 28.2 Å². The molecule has 5 aromatic rings. The van der Waals surface area contributed by atoms with Gasteiger partial charge in [-0.2, -0.15) is 15.0 Å². The fourth-order valence-corrected chi connectivity index (χ4v) is 5.69. The van der Waals surface area contributed by atoms with Crippen molar-refractivity contribution in [2.45, 2.75) is 44.7 Å². The number of alkyl halides is 2. The number of imidazole rings is 1. The van der Waals surface area contributed by atoms with Crippen LogP contribution >= 0.6 is 11.6 Å². The number of amides is 1. The zero-order valence-corrected chi connectivity index (χ0v) is 22.6. The van der Waals surface area contributed by atoms with Crippen molar-refractivity contribution in [3.8, 4) is 11.4 Å². The fraction of sp³-hybridized carbons (Fsp3) is 0.276. The van der Waals surface area contributed by atoms with Gasteiger partial charge in [0.2, 0.25) is 0 Å². The van der Waals surface area contributed by atoms with Gasteiger partial charge in [-0.3, -0.25) is 18.9 Å². The van der Waals surface area contributed by atoms with Gasteiger partial charge in [-0.05, 0) is 74.1 Å². The molecule has 41 heavy (non-hydrogen) atoms. The van der Waals surface area contributed by atoms with Gasteiger partial charge in [0.05, 0.1) is 45.4 Å². The molecule has 1 amide bonds. The lowest BCUT2D eigenvalue weighted by molar-refractivity contribution is 0.0904. The Morgan fingerprint density at radius 3 is 2.32 bits per heavy atom.